The van der Waals surface area contributed by atoms with Gasteiger partial charge in [0.1, 0.15) is 11.6 Å². The largest absolute Gasteiger partial charge is 0.417 e. The number of sulfonamides is 1. The van der Waals surface area contributed by atoms with Crippen molar-refractivity contribution in [3.8, 4) is 0 Å². The Hall–Kier alpha value is -3.22. The number of amides is 1. The smallest absolute Gasteiger partial charge is 0.368 e. The molecule has 0 aromatic heterocycles. The number of carbonyl (C=O) groups excluding carboxylic acids is 1. The van der Waals surface area contributed by atoms with Crippen molar-refractivity contribution >= 4 is 33.2 Å². The van der Waals surface area contributed by atoms with E-state index in [2.05, 4.69) is 4.90 Å². The lowest BCUT2D eigenvalue weighted by molar-refractivity contribution is -0.140. The van der Waals surface area contributed by atoms with Crippen LogP contribution in [-0.2, 0) is 21.0 Å². The van der Waals surface area contributed by atoms with Crippen LogP contribution in [-0.4, -0.2) is 62.8 Å². The van der Waals surface area contributed by atoms with E-state index in [0.717, 1.165) is 33.8 Å². The van der Waals surface area contributed by atoms with Gasteiger partial charge in [-0.2, -0.15) is 17.5 Å². The maximum Gasteiger partial charge on any atom is 0.417 e. The Morgan fingerprint density at radius 2 is 1.63 bits per heavy atom. The summed E-state index contributed by atoms with van der Waals surface area (Å²) in [5.74, 6) is -4.05. The molecule has 13 heteroatoms. The van der Waals surface area contributed by atoms with Gasteiger partial charge in [-0.05, 0) is 54.8 Å². The molecule has 0 saturated carbocycles. The van der Waals surface area contributed by atoms with Crippen LogP contribution in [0.2, 0.25) is 5.02 Å². The molecule has 0 radical (unpaired) electrons. The van der Waals surface area contributed by atoms with E-state index >= 15 is 0 Å². The van der Waals surface area contributed by atoms with Crippen molar-refractivity contribution < 1.29 is 35.2 Å². The molecule has 230 valence electrons. The van der Waals surface area contributed by atoms with Gasteiger partial charge in [0.2, 0.25) is 15.9 Å². The highest BCUT2D eigenvalue weighted by Crippen LogP contribution is 2.40. The number of piperidine rings is 1. The average molecular weight is 642 g/mol. The molecule has 5 rings (SSSR count). The predicted molar refractivity (Wildman–Crippen MR) is 152 cm³/mol. The van der Waals surface area contributed by atoms with Gasteiger partial charge in [0.25, 0.3) is 0 Å². The van der Waals surface area contributed by atoms with Crippen LogP contribution >= 0.6 is 11.6 Å². The highest BCUT2D eigenvalue weighted by molar-refractivity contribution is 7.89. The van der Waals surface area contributed by atoms with E-state index in [1.807, 2.05) is 19.1 Å². The van der Waals surface area contributed by atoms with Crippen molar-refractivity contribution in [2.45, 2.75) is 30.3 Å². The van der Waals surface area contributed by atoms with Crippen LogP contribution < -0.4 is 4.90 Å². The summed E-state index contributed by atoms with van der Waals surface area (Å²) in [6.07, 6.45) is -4.97. The first-order valence-electron chi connectivity index (χ1n) is 13.7. The number of halogens is 6. The Morgan fingerprint density at radius 1 is 0.930 bits per heavy atom. The Balaban J connectivity index is 1.44. The van der Waals surface area contributed by atoms with Gasteiger partial charge >= 0.3 is 6.18 Å². The molecule has 3 aromatic rings. The number of hydrogen-bond donors (Lipinski definition) is 0. The number of hydrogen-bond acceptors (Lipinski definition) is 4. The highest BCUT2D eigenvalue weighted by atomic mass is 35.5. The molecule has 2 aliphatic heterocycles. The molecule has 6 nitrogen and oxygen atoms in total. The van der Waals surface area contributed by atoms with Gasteiger partial charge < -0.3 is 9.80 Å². The van der Waals surface area contributed by atoms with Gasteiger partial charge in [-0.25, -0.2) is 17.2 Å². The summed E-state index contributed by atoms with van der Waals surface area (Å²) in [7, 11) is -4.68. The summed E-state index contributed by atoms with van der Waals surface area (Å²) in [4.78, 5) is 16.7. The minimum Gasteiger partial charge on any atom is -0.368 e. The first kappa shape index (κ1) is 31.2. The fourth-order valence-electron chi connectivity index (χ4n) is 5.96. The summed E-state index contributed by atoms with van der Waals surface area (Å²) >= 11 is 6.18. The lowest BCUT2D eigenvalue weighted by atomic mass is 9.80. The monoisotopic (exact) mass is 641 g/mol. The second-order valence-electron chi connectivity index (χ2n) is 10.8. The number of anilines is 1. The van der Waals surface area contributed by atoms with Crippen LogP contribution in [0.25, 0.3) is 0 Å². The number of benzene rings is 3. The summed E-state index contributed by atoms with van der Waals surface area (Å²) in [5, 5.41) is 0.568. The Kier molecular flexibility index (Phi) is 8.75. The third-order valence-corrected chi connectivity index (χ3v) is 10.3. The molecule has 1 amide bonds. The van der Waals surface area contributed by atoms with Crippen molar-refractivity contribution in [2.24, 2.45) is 5.92 Å². The van der Waals surface area contributed by atoms with Gasteiger partial charge in [0.15, 0.2) is 0 Å². The van der Waals surface area contributed by atoms with Crippen LogP contribution in [0.5, 0.6) is 0 Å². The second-order valence-corrected chi connectivity index (χ2v) is 13.1. The zero-order valence-electron chi connectivity index (χ0n) is 23.1. The van der Waals surface area contributed by atoms with E-state index in [0.29, 0.717) is 30.2 Å². The normalized spacial score (nSPS) is 20.3. The van der Waals surface area contributed by atoms with Crippen LogP contribution in [0.15, 0.2) is 65.6 Å². The summed E-state index contributed by atoms with van der Waals surface area (Å²) in [6.45, 7) is 2.71. The molecule has 2 atom stereocenters. The average Bonchev–Trinajstić information content (AvgIpc) is 2.97. The second kappa shape index (κ2) is 12.0. The van der Waals surface area contributed by atoms with Gasteiger partial charge in [-0.15, -0.1) is 0 Å². The maximum absolute atomic E-state index is 15.0. The van der Waals surface area contributed by atoms with Gasteiger partial charge in [0, 0.05) is 62.0 Å². The van der Waals surface area contributed by atoms with E-state index in [1.165, 1.54) is 12.1 Å². The number of alkyl halides is 3. The third-order valence-electron chi connectivity index (χ3n) is 8.17. The van der Waals surface area contributed by atoms with E-state index in [1.54, 1.807) is 11.0 Å². The van der Waals surface area contributed by atoms with Gasteiger partial charge in [0.05, 0.1) is 16.4 Å². The maximum atomic E-state index is 15.0. The zero-order valence-corrected chi connectivity index (χ0v) is 24.7. The molecule has 2 aliphatic rings. The van der Waals surface area contributed by atoms with Crippen molar-refractivity contribution in [3.63, 3.8) is 0 Å². The van der Waals surface area contributed by atoms with E-state index in [-0.39, 0.29) is 31.6 Å². The van der Waals surface area contributed by atoms with Gasteiger partial charge in [-0.3, -0.25) is 4.79 Å². The molecule has 43 heavy (non-hydrogen) atoms. The summed E-state index contributed by atoms with van der Waals surface area (Å²) < 4.78 is 97.9. The van der Waals surface area contributed by atoms with E-state index in [9.17, 15) is 35.2 Å². The van der Waals surface area contributed by atoms with Crippen molar-refractivity contribution in [1.82, 2.24) is 9.21 Å². The van der Waals surface area contributed by atoms with Crippen molar-refractivity contribution in [2.75, 3.05) is 44.2 Å². The number of aryl methyl sites for hydroxylation is 1. The molecule has 0 aliphatic carbocycles. The molecule has 3 aromatic carbocycles. The highest BCUT2D eigenvalue weighted by Gasteiger charge is 2.45. The SMILES string of the molecule is Cc1ccc(Cl)cc1N1CCN(C(=O)[C@@H]2CN(S(=O)(=O)c3ccccc3C(F)(F)F)CC[C@@H]2c2ccc(F)cc2F)CC1. The zero-order chi connectivity index (χ0) is 31.1. The Bertz CT molecular complexity index is 1630. The third kappa shape index (κ3) is 6.37. The van der Waals surface area contributed by atoms with Gasteiger partial charge in [-0.1, -0.05) is 35.9 Å². The fraction of sp³-hybridized carbons (Fsp3) is 0.367. The number of carbonyl (C=O) groups is 1. The molecule has 2 heterocycles. The van der Waals surface area contributed by atoms with E-state index in [4.69, 9.17) is 11.6 Å². The predicted octanol–water partition coefficient (Wildman–Crippen LogP) is 6.09. The molecule has 0 N–H and O–H groups in total. The molecule has 0 unspecified atom stereocenters. The molecular formula is C30H29ClF5N3O3S. The van der Waals surface area contributed by atoms with E-state index < -0.39 is 62.6 Å². The molecule has 0 bridgehead atoms. The number of rotatable bonds is 5. The minimum absolute atomic E-state index is 0.0476. The standard InChI is InChI=1S/C30H29ClF5N3O3S/c1-19-6-7-20(31)16-27(19)37-12-14-38(15-13-37)29(40)24-18-39(11-10-22(24)23-9-8-21(32)17-26(23)33)43(41,42)28-5-3-2-4-25(28)30(34,35)36/h2-9,16-17,22,24H,10-15,18H2,1H3/t22-,24-/m1/s1. The Labute approximate surface area is 251 Å². The molecule has 2 saturated heterocycles. The molecular weight excluding hydrogens is 613 g/mol. The van der Waals surface area contributed by atoms with Crippen LogP contribution in [0.3, 0.4) is 0 Å². The minimum atomic E-state index is -4.92. The Morgan fingerprint density at radius 3 is 2.30 bits per heavy atom. The quantitative estimate of drug-likeness (QED) is 0.317. The summed E-state index contributed by atoms with van der Waals surface area (Å²) in [5.41, 5.74) is 0.671. The first-order valence-corrected chi connectivity index (χ1v) is 15.5. The van der Waals surface area contributed by atoms with Crippen LogP contribution in [0.4, 0.5) is 27.6 Å². The lowest BCUT2D eigenvalue weighted by Crippen LogP contribution is -2.54. The molecule has 0 spiro atoms. The molecule has 2 fully saturated rings. The van der Waals surface area contributed by atoms with Crippen LogP contribution in [0.1, 0.15) is 29.0 Å². The topological polar surface area (TPSA) is 60.9 Å². The number of nitrogens with zero attached hydrogens (tertiary/aromatic N) is 3. The lowest BCUT2D eigenvalue weighted by Gasteiger charge is -2.42. The van der Waals surface area contributed by atoms with Crippen molar-refractivity contribution in [3.05, 3.63) is 94.0 Å². The summed E-state index contributed by atoms with van der Waals surface area (Å²) in [6, 6.07) is 12.4. The number of piperazine rings is 1. The fourth-order valence-corrected chi connectivity index (χ4v) is 7.81. The van der Waals surface area contributed by atoms with Crippen LogP contribution in [0, 0.1) is 24.5 Å². The first-order chi connectivity index (χ1) is 20.3. The van der Waals surface area contributed by atoms with Crippen molar-refractivity contribution in [1.29, 1.82) is 0 Å².